The van der Waals surface area contributed by atoms with Crippen LogP contribution in [0.15, 0.2) is 0 Å². The van der Waals surface area contributed by atoms with Crippen molar-refractivity contribution < 1.29 is 80.2 Å². The molecule has 0 aliphatic heterocycles. The van der Waals surface area contributed by atoms with Gasteiger partial charge < -0.3 is 33.8 Å². The first-order valence-electron chi connectivity index (χ1n) is 39.8. The third-order valence-corrected chi connectivity index (χ3v) is 19.8. The highest BCUT2D eigenvalue weighted by molar-refractivity contribution is 7.47. The first-order valence-corrected chi connectivity index (χ1v) is 42.8. The van der Waals surface area contributed by atoms with Crippen LogP contribution in [0.5, 0.6) is 0 Å². The van der Waals surface area contributed by atoms with Gasteiger partial charge in [0.25, 0.3) is 0 Å². The van der Waals surface area contributed by atoms with Crippen LogP contribution in [0.25, 0.3) is 0 Å². The van der Waals surface area contributed by atoms with E-state index in [1.165, 1.54) is 199 Å². The van der Waals surface area contributed by atoms with Gasteiger partial charge in [0, 0.05) is 25.7 Å². The number of carbonyl (C=O) groups is 4. The molecule has 0 bridgehead atoms. The second kappa shape index (κ2) is 67.5. The molecule has 0 aliphatic carbocycles. The predicted molar refractivity (Wildman–Crippen MR) is 391 cm³/mol. The molecule has 0 fully saturated rings. The lowest BCUT2D eigenvalue weighted by Gasteiger charge is -2.21. The van der Waals surface area contributed by atoms with E-state index in [9.17, 15) is 43.2 Å². The maximum Gasteiger partial charge on any atom is 0.472 e. The molecule has 3 N–H and O–H groups in total. The average molecular weight is 1410 g/mol. The summed E-state index contributed by atoms with van der Waals surface area (Å²) < 4.78 is 68.4. The number of phosphoric acid groups is 2. The van der Waals surface area contributed by atoms with E-state index in [-0.39, 0.29) is 25.7 Å². The standard InChI is InChI=1S/C77H150O17P2/c1-8-9-10-11-12-13-14-15-16-17-18-19-20-23-27-30-33-36-46-53-60-76(81)93-72(64-87-74(79)58-51-44-35-32-29-26-24-21-22-25-28-31-34-41-48-55-68(2)3)66-91-95(83,84)89-62-71(78)63-90-96(85,86)92-67-73(94-77(82)61-54-47-40-38-43-50-57-70(6)7)65-88-75(80)59-52-45-39-37-42-49-56-69(4)5/h68-73,78H,8-67H2,1-7H3,(H,83,84)(H,85,86)/t71-,72-,73-/m1/s1. The minimum Gasteiger partial charge on any atom is -0.462 e. The molecule has 0 aromatic rings. The Balaban J connectivity index is 5.18. The highest BCUT2D eigenvalue weighted by Gasteiger charge is 2.30. The second-order valence-corrected chi connectivity index (χ2v) is 32.1. The Morgan fingerprint density at radius 1 is 0.281 bits per heavy atom. The minimum absolute atomic E-state index is 0.101. The summed E-state index contributed by atoms with van der Waals surface area (Å²) in [7, 11) is -9.91. The zero-order chi connectivity index (χ0) is 70.9. The molecule has 0 amide bonds. The Kier molecular flexibility index (Phi) is 66.2. The number of phosphoric ester groups is 2. The van der Waals surface area contributed by atoms with E-state index in [2.05, 4.69) is 48.5 Å². The van der Waals surface area contributed by atoms with Crippen LogP contribution in [0.3, 0.4) is 0 Å². The quantitative estimate of drug-likeness (QED) is 0.0222. The van der Waals surface area contributed by atoms with Gasteiger partial charge in [-0.05, 0) is 43.4 Å². The molecule has 2 unspecified atom stereocenters. The normalized spacial score (nSPS) is 14.1. The van der Waals surface area contributed by atoms with Crippen molar-refractivity contribution in [3.05, 3.63) is 0 Å². The highest BCUT2D eigenvalue weighted by Crippen LogP contribution is 2.45. The van der Waals surface area contributed by atoms with Crippen LogP contribution >= 0.6 is 15.6 Å². The van der Waals surface area contributed by atoms with Gasteiger partial charge in [-0.25, -0.2) is 9.13 Å². The summed E-state index contributed by atoms with van der Waals surface area (Å²) in [6, 6.07) is 0. The van der Waals surface area contributed by atoms with Crippen LogP contribution in [0, 0.1) is 17.8 Å². The zero-order valence-corrected chi connectivity index (χ0v) is 64.6. The average Bonchev–Trinajstić information content (AvgIpc) is 1.13. The van der Waals surface area contributed by atoms with Crippen LogP contribution in [0.1, 0.15) is 395 Å². The van der Waals surface area contributed by atoms with Crippen molar-refractivity contribution in [2.75, 3.05) is 39.6 Å². The molecule has 19 heteroatoms. The van der Waals surface area contributed by atoms with Gasteiger partial charge in [0.2, 0.25) is 0 Å². The van der Waals surface area contributed by atoms with E-state index < -0.39 is 97.5 Å². The number of unbranched alkanes of at least 4 members (excludes halogenated alkanes) is 43. The lowest BCUT2D eigenvalue weighted by Crippen LogP contribution is -2.30. The summed E-state index contributed by atoms with van der Waals surface area (Å²) in [5.74, 6) is 0.0305. The third-order valence-electron chi connectivity index (χ3n) is 17.9. The molecule has 0 radical (unpaired) electrons. The predicted octanol–water partition coefficient (Wildman–Crippen LogP) is 22.6. The van der Waals surface area contributed by atoms with Crippen LogP contribution < -0.4 is 0 Å². The van der Waals surface area contributed by atoms with Gasteiger partial charge in [-0.1, -0.05) is 344 Å². The van der Waals surface area contributed by atoms with Gasteiger partial charge in [0.1, 0.15) is 19.3 Å². The van der Waals surface area contributed by atoms with E-state index in [0.29, 0.717) is 37.5 Å². The Labute approximate surface area is 588 Å². The Morgan fingerprint density at radius 2 is 0.479 bits per heavy atom. The number of esters is 4. The monoisotopic (exact) mass is 1410 g/mol. The number of ether oxygens (including phenoxy) is 4. The number of hydrogen-bond donors (Lipinski definition) is 3. The molecular formula is C77H150O17P2. The van der Waals surface area contributed by atoms with Crippen molar-refractivity contribution in [1.82, 2.24) is 0 Å². The molecule has 96 heavy (non-hydrogen) atoms. The Morgan fingerprint density at radius 3 is 0.708 bits per heavy atom. The van der Waals surface area contributed by atoms with Gasteiger partial charge in [-0.2, -0.15) is 0 Å². The van der Waals surface area contributed by atoms with E-state index in [4.69, 9.17) is 37.0 Å². The van der Waals surface area contributed by atoms with E-state index >= 15 is 0 Å². The maximum atomic E-state index is 13.1. The largest absolute Gasteiger partial charge is 0.472 e. The highest BCUT2D eigenvalue weighted by atomic mass is 31.2. The van der Waals surface area contributed by atoms with E-state index in [1.54, 1.807) is 0 Å². The minimum atomic E-state index is -4.96. The molecule has 0 aromatic heterocycles. The SMILES string of the molecule is CCCCCCCCCCCCCCCCCCCCCCC(=O)O[C@H](COC(=O)CCCCCCCCCCCCCCCCCC(C)C)COP(=O)(O)OC[C@@H](O)COP(=O)(O)OC[C@@H](COC(=O)CCCCCCCCC(C)C)OC(=O)CCCCCCCCC(C)C. The van der Waals surface area contributed by atoms with Gasteiger partial charge in [-0.15, -0.1) is 0 Å². The molecule has 17 nitrogen and oxygen atoms in total. The molecule has 0 saturated heterocycles. The number of aliphatic hydroxyl groups is 1. The molecule has 0 saturated carbocycles. The van der Waals surface area contributed by atoms with Crippen molar-refractivity contribution in [2.24, 2.45) is 17.8 Å². The third kappa shape index (κ3) is 70.5. The van der Waals surface area contributed by atoms with Crippen molar-refractivity contribution in [3.63, 3.8) is 0 Å². The first-order chi connectivity index (χ1) is 46.2. The number of rotatable bonds is 75. The summed E-state index contributed by atoms with van der Waals surface area (Å²) in [6.07, 6.45) is 54.7. The van der Waals surface area contributed by atoms with Crippen LogP contribution in [-0.2, 0) is 65.4 Å². The van der Waals surface area contributed by atoms with Crippen molar-refractivity contribution in [3.8, 4) is 0 Å². The fraction of sp³-hybridized carbons (Fsp3) is 0.948. The number of carbonyl (C=O) groups excluding carboxylic acids is 4. The van der Waals surface area contributed by atoms with Gasteiger partial charge in [0.15, 0.2) is 12.2 Å². The number of hydrogen-bond acceptors (Lipinski definition) is 15. The Bertz CT molecular complexity index is 1870. The lowest BCUT2D eigenvalue weighted by molar-refractivity contribution is -0.161. The summed E-state index contributed by atoms with van der Waals surface area (Å²) in [4.78, 5) is 72.7. The van der Waals surface area contributed by atoms with Crippen LogP contribution in [0.2, 0.25) is 0 Å². The first kappa shape index (κ1) is 94.1. The Hall–Kier alpha value is -1.94. The molecule has 0 aliphatic rings. The van der Waals surface area contributed by atoms with Crippen molar-refractivity contribution >= 4 is 39.5 Å². The van der Waals surface area contributed by atoms with E-state index in [1.807, 2.05) is 0 Å². The molecule has 570 valence electrons. The molecule has 5 atom stereocenters. The fourth-order valence-electron chi connectivity index (χ4n) is 11.8. The second-order valence-electron chi connectivity index (χ2n) is 29.2. The van der Waals surface area contributed by atoms with Crippen LogP contribution in [0.4, 0.5) is 0 Å². The van der Waals surface area contributed by atoms with E-state index in [0.717, 1.165) is 102 Å². The number of aliphatic hydroxyl groups excluding tert-OH is 1. The fourth-order valence-corrected chi connectivity index (χ4v) is 13.4. The zero-order valence-electron chi connectivity index (χ0n) is 62.8. The van der Waals surface area contributed by atoms with Gasteiger partial charge in [0.05, 0.1) is 26.4 Å². The molecule has 0 spiro atoms. The molecule has 0 heterocycles. The smallest absolute Gasteiger partial charge is 0.462 e. The molecule has 0 aromatic carbocycles. The maximum absolute atomic E-state index is 13.1. The summed E-state index contributed by atoms with van der Waals surface area (Å²) >= 11 is 0. The van der Waals surface area contributed by atoms with Gasteiger partial charge >= 0.3 is 39.5 Å². The summed E-state index contributed by atoms with van der Waals surface area (Å²) in [5.41, 5.74) is 0. The van der Waals surface area contributed by atoms with Crippen molar-refractivity contribution in [1.29, 1.82) is 0 Å². The molecular weight excluding hydrogens is 1260 g/mol. The summed E-state index contributed by atoms with van der Waals surface area (Å²) in [6.45, 7) is 11.7. The topological polar surface area (TPSA) is 237 Å². The van der Waals surface area contributed by atoms with Crippen LogP contribution in [-0.4, -0.2) is 96.7 Å². The van der Waals surface area contributed by atoms with Gasteiger partial charge in [-0.3, -0.25) is 37.3 Å². The van der Waals surface area contributed by atoms with Crippen molar-refractivity contribution in [2.45, 2.75) is 414 Å². The lowest BCUT2D eigenvalue weighted by atomic mass is 10.0. The molecule has 0 rings (SSSR count). The summed E-state index contributed by atoms with van der Waals surface area (Å²) in [5, 5.41) is 10.6.